The summed E-state index contributed by atoms with van der Waals surface area (Å²) in [6, 6.07) is 8.58. The molecule has 0 spiro atoms. The summed E-state index contributed by atoms with van der Waals surface area (Å²) in [5.41, 5.74) is 0.576. The monoisotopic (exact) mass is 343 g/mol. The van der Waals surface area contributed by atoms with Crippen LogP contribution in [-0.4, -0.2) is 33.4 Å². The van der Waals surface area contributed by atoms with Crippen molar-refractivity contribution >= 4 is 17.7 Å². The van der Waals surface area contributed by atoms with Crippen LogP contribution in [-0.2, 0) is 16.0 Å². The molecule has 0 aliphatic rings. The number of nitrogens with one attached hydrogen (secondary N) is 1. The van der Waals surface area contributed by atoms with Crippen LogP contribution >= 0.6 is 0 Å². The molecule has 0 saturated carbocycles. The van der Waals surface area contributed by atoms with Crippen molar-refractivity contribution in [2.45, 2.75) is 39.7 Å². The molecule has 132 valence electrons. The summed E-state index contributed by atoms with van der Waals surface area (Å²) >= 11 is 0. The van der Waals surface area contributed by atoms with Crippen LogP contribution in [0.15, 0.2) is 30.3 Å². The maximum absolute atomic E-state index is 12.7. The van der Waals surface area contributed by atoms with Crippen molar-refractivity contribution in [2.24, 2.45) is 0 Å². The molecule has 1 aromatic carbocycles. The number of carboxylic acids is 1. The molecular weight excluding hydrogens is 322 g/mol. The first-order chi connectivity index (χ1) is 11.6. The van der Waals surface area contributed by atoms with Crippen molar-refractivity contribution in [3.63, 3.8) is 0 Å². The Labute approximate surface area is 145 Å². The van der Waals surface area contributed by atoms with E-state index in [0.717, 1.165) is 0 Å². The Balaban J connectivity index is 2.51. The van der Waals surface area contributed by atoms with Crippen LogP contribution in [0.5, 0.6) is 0 Å². The fourth-order valence-electron chi connectivity index (χ4n) is 2.51. The van der Waals surface area contributed by atoms with Gasteiger partial charge in [-0.2, -0.15) is 0 Å². The Hall–Kier alpha value is -2.89. The van der Waals surface area contributed by atoms with Gasteiger partial charge in [-0.15, -0.1) is 0 Å². The van der Waals surface area contributed by atoms with Crippen molar-refractivity contribution < 1.29 is 24.2 Å². The number of carboxylic acid groups (broad SMARTS) is 1. The number of carbonyl (C=O) groups is 3. The number of ketones is 1. The van der Waals surface area contributed by atoms with Crippen LogP contribution in [0.25, 0.3) is 0 Å². The maximum Gasteiger partial charge on any atom is 0.340 e. The van der Waals surface area contributed by atoms with Crippen LogP contribution in [0.4, 0.5) is 0 Å². The van der Waals surface area contributed by atoms with Crippen molar-refractivity contribution in [1.82, 2.24) is 4.98 Å². The standard InChI is InChI=1S/C19H21NO5/c1-11-15(18(24)25-19(2,3)4)13(10-14(21)22)20-16(11)17(23)12-8-6-5-7-9-12/h5-9,20H,10H2,1-4H3,(H,21,22). The molecule has 0 atom stereocenters. The predicted octanol–water partition coefficient (Wildman–Crippen LogP) is 3.14. The molecule has 0 radical (unpaired) electrons. The highest BCUT2D eigenvalue weighted by atomic mass is 16.6. The minimum absolute atomic E-state index is 0.108. The predicted molar refractivity (Wildman–Crippen MR) is 91.9 cm³/mol. The minimum atomic E-state index is -1.11. The van der Waals surface area contributed by atoms with Crippen molar-refractivity contribution in [1.29, 1.82) is 0 Å². The summed E-state index contributed by atoms with van der Waals surface area (Å²) in [7, 11) is 0. The molecule has 0 bridgehead atoms. The van der Waals surface area contributed by atoms with Crippen LogP contribution < -0.4 is 0 Å². The molecule has 0 aliphatic carbocycles. The third-order valence-corrected chi connectivity index (χ3v) is 3.52. The molecular formula is C19H21NO5. The van der Waals surface area contributed by atoms with Gasteiger partial charge in [0.1, 0.15) is 5.60 Å². The number of aromatic amines is 1. The Morgan fingerprint density at radius 3 is 2.24 bits per heavy atom. The Kier molecular flexibility index (Phi) is 5.11. The highest BCUT2D eigenvalue weighted by molar-refractivity contribution is 6.10. The third kappa shape index (κ3) is 4.35. The Bertz CT molecular complexity index is 812. The number of ether oxygens (including phenoxy) is 1. The molecule has 2 N–H and O–H groups in total. The summed E-state index contributed by atoms with van der Waals surface area (Å²) in [4.78, 5) is 39.2. The highest BCUT2D eigenvalue weighted by Crippen LogP contribution is 2.24. The average molecular weight is 343 g/mol. The molecule has 0 unspecified atom stereocenters. The highest BCUT2D eigenvalue weighted by Gasteiger charge is 2.28. The van der Waals surface area contributed by atoms with Gasteiger partial charge in [0.15, 0.2) is 0 Å². The van der Waals surface area contributed by atoms with Gasteiger partial charge in [0, 0.05) is 11.3 Å². The van der Waals surface area contributed by atoms with Crippen molar-refractivity contribution in [3.05, 3.63) is 58.4 Å². The molecule has 25 heavy (non-hydrogen) atoms. The zero-order valence-electron chi connectivity index (χ0n) is 14.7. The molecule has 0 amide bonds. The summed E-state index contributed by atoms with van der Waals surface area (Å²) in [6.07, 6.45) is -0.405. The van der Waals surface area contributed by atoms with E-state index >= 15 is 0 Å². The number of carbonyl (C=O) groups excluding carboxylic acids is 2. The average Bonchev–Trinajstić information content (AvgIpc) is 2.81. The second-order valence-corrected chi connectivity index (χ2v) is 6.75. The maximum atomic E-state index is 12.7. The lowest BCUT2D eigenvalue weighted by Gasteiger charge is -2.19. The lowest BCUT2D eigenvalue weighted by atomic mass is 10.0. The van der Waals surface area contributed by atoms with E-state index in [1.54, 1.807) is 58.0 Å². The fraction of sp³-hybridized carbons (Fsp3) is 0.316. The van der Waals surface area contributed by atoms with Gasteiger partial charge in [0.2, 0.25) is 5.78 Å². The quantitative estimate of drug-likeness (QED) is 0.642. The normalized spacial score (nSPS) is 11.2. The first kappa shape index (κ1) is 18.4. The third-order valence-electron chi connectivity index (χ3n) is 3.52. The van der Waals surface area contributed by atoms with E-state index in [-0.39, 0.29) is 22.7 Å². The molecule has 2 rings (SSSR count). The lowest BCUT2D eigenvalue weighted by molar-refractivity contribution is -0.136. The summed E-state index contributed by atoms with van der Waals surface area (Å²) in [6.45, 7) is 6.77. The van der Waals surface area contributed by atoms with E-state index in [1.165, 1.54) is 0 Å². The molecule has 0 fully saturated rings. The molecule has 6 nitrogen and oxygen atoms in total. The molecule has 1 heterocycles. The largest absolute Gasteiger partial charge is 0.481 e. The van der Waals surface area contributed by atoms with Gasteiger partial charge in [-0.1, -0.05) is 30.3 Å². The SMILES string of the molecule is Cc1c(C(=O)c2ccccc2)[nH]c(CC(=O)O)c1C(=O)OC(C)(C)C. The summed E-state index contributed by atoms with van der Waals surface area (Å²) < 4.78 is 5.36. The molecule has 0 saturated heterocycles. The zero-order chi connectivity index (χ0) is 18.8. The number of benzene rings is 1. The molecule has 2 aromatic rings. The van der Waals surface area contributed by atoms with Crippen LogP contribution in [0.3, 0.4) is 0 Å². The van der Waals surface area contributed by atoms with E-state index in [0.29, 0.717) is 11.1 Å². The summed E-state index contributed by atoms with van der Waals surface area (Å²) in [5, 5.41) is 9.10. The minimum Gasteiger partial charge on any atom is -0.481 e. The molecule has 6 heteroatoms. The van der Waals surface area contributed by atoms with E-state index in [9.17, 15) is 14.4 Å². The smallest absolute Gasteiger partial charge is 0.340 e. The topological polar surface area (TPSA) is 96.5 Å². The van der Waals surface area contributed by atoms with Gasteiger partial charge >= 0.3 is 11.9 Å². The number of H-pyrrole nitrogens is 1. The van der Waals surface area contributed by atoms with Crippen molar-refractivity contribution in [2.75, 3.05) is 0 Å². The van der Waals surface area contributed by atoms with Gasteiger partial charge in [-0.3, -0.25) is 9.59 Å². The Morgan fingerprint density at radius 1 is 1.12 bits per heavy atom. The number of esters is 1. The molecule has 1 aromatic heterocycles. The van der Waals surface area contributed by atoms with Crippen LogP contribution in [0, 0.1) is 6.92 Å². The van der Waals surface area contributed by atoms with Crippen LogP contribution in [0.2, 0.25) is 0 Å². The first-order valence-corrected chi connectivity index (χ1v) is 7.86. The number of aliphatic carboxylic acids is 1. The van der Waals surface area contributed by atoms with E-state index in [1.807, 2.05) is 0 Å². The van der Waals surface area contributed by atoms with Crippen LogP contribution in [0.1, 0.15) is 58.4 Å². The zero-order valence-corrected chi connectivity index (χ0v) is 14.7. The van der Waals surface area contributed by atoms with E-state index < -0.39 is 24.0 Å². The fourth-order valence-corrected chi connectivity index (χ4v) is 2.51. The number of hydrogen-bond donors (Lipinski definition) is 2. The summed E-state index contributed by atoms with van der Waals surface area (Å²) in [5.74, 6) is -2.06. The number of rotatable bonds is 5. The Morgan fingerprint density at radius 2 is 1.72 bits per heavy atom. The lowest BCUT2D eigenvalue weighted by Crippen LogP contribution is -2.25. The van der Waals surface area contributed by atoms with Gasteiger partial charge < -0.3 is 14.8 Å². The van der Waals surface area contributed by atoms with Gasteiger partial charge in [0.05, 0.1) is 17.7 Å². The van der Waals surface area contributed by atoms with E-state index in [2.05, 4.69) is 4.98 Å². The number of aromatic nitrogens is 1. The second kappa shape index (κ2) is 6.93. The molecule has 0 aliphatic heterocycles. The van der Waals surface area contributed by atoms with Gasteiger partial charge in [0.25, 0.3) is 0 Å². The van der Waals surface area contributed by atoms with Crippen molar-refractivity contribution in [3.8, 4) is 0 Å². The number of hydrogen-bond acceptors (Lipinski definition) is 4. The van der Waals surface area contributed by atoms with Gasteiger partial charge in [-0.25, -0.2) is 4.79 Å². The van der Waals surface area contributed by atoms with E-state index in [4.69, 9.17) is 9.84 Å². The second-order valence-electron chi connectivity index (χ2n) is 6.75. The first-order valence-electron chi connectivity index (χ1n) is 7.86. The van der Waals surface area contributed by atoms with Gasteiger partial charge in [-0.05, 0) is 33.3 Å².